The van der Waals surface area contributed by atoms with E-state index in [0.29, 0.717) is 23.7 Å². The molecule has 0 saturated carbocycles. The third-order valence-electron chi connectivity index (χ3n) is 5.90. The number of urea groups is 1. The van der Waals surface area contributed by atoms with Gasteiger partial charge in [0.2, 0.25) is 0 Å². The van der Waals surface area contributed by atoms with Gasteiger partial charge in [0.05, 0.1) is 0 Å². The Hall–Kier alpha value is -3.31. The third kappa shape index (κ3) is 5.93. The Labute approximate surface area is 199 Å². The Morgan fingerprint density at radius 1 is 0.909 bits per heavy atom. The van der Waals surface area contributed by atoms with Gasteiger partial charge in [0.25, 0.3) is 5.91 Å². The van der Waals surface area contributed by atoms with Crippen LogP contribution in [0.25, 0.3) is 0 Å². The number of likely N-dealkylation sites (tertiary alicyclic amines) is 1. The van der Waals surface area contributed by atoms with Gasteiger partial charge in [-0.3, -0.25) is 4.79 Å². The Kier molecular flexibility index (Phi) is 6.99. The van der Waals surface area contributed by atoms with Crippen molar-refractivity contribution in [1.29, 1.82) is 0 Å². The zero-order chi connectivity index (χ0) is 23.4. The van der Waals surface area contributed by atoms with Gasteiger partial charge in [0.15, 0.2) is 0 Å². The van der Waals surface area contributed by atoms with Crippen LogP contribution < -0.4 is 10.6 Å². The molecule has 4 rings (SSSR count). The number of amides is 3. The number of carbonyl (C=O) groups excluding carboxylic acids is 2. The molecule has 33 heavy (non-hydrogen) atoms. The summed E-state index contributed by atoms with van der Waals surface area (Å²) < 4.78 is 0. The Bertz CT molecular complexity index is 1140. The van der Waals surface area contributed by atoms with Crippen LogP contribution in [0.5, 0.6) is 0 Å². The van der Waals surface area contributed by atoms with Gasteiger partial charge in [-0.25, -0.2) is 4.79 Å². The molecule has 1 aliphatic heterocycles. The molecule has 1 aliphatic rings. The number of aryl methyl sites for hydroxylation is 2. The Balaban J connectivity index is 1.43. The lowest BCUT2D eigenvalue weighted by atomic mass is 9.89. The fourth-order valence-corrected chi connectivity index (χ4v) is 4.48. The second-order valence-corrected chi connectivity index (χ2v) is 9.11. The summed E-state index contributed by atoms with van der Waals surface area (Å²) in [7, 11) is 0. The second kappa shape index (κ2) is 10.1. The zero-order valence-corrected chi connectivity index (χ0v) is 19.7. The third-order valence-corrected chi connectivity index (χ3v) is 6.16. The molecule has 2 N–H and O–H groups in total. The highest BCUT2D eigenvalue weighted by Crippen LogP contribution is 2.28. The van der Waals surface area contributed by atoms with E-state index in [9.17, 15) is 9.59 Å². The van der Waals surface area contributed by atoms with E-state index in [1.807, 2.05) is 55.1 Å². The normalized spacial score (nSPS) is 15.7. The van der Waals surface area contributed by atoms with Crippen molar-refractivity contribution in [3.8, 4) is 0 Å². The molecule has 1 heterocycles. The van der Waals surface area contributed by atoms with Crippen LogP contribution in [0.4, 0.5) is 16.2 Å². The first-order chi connectivity index (χ1) is 15.9. The summed E-state index contributed by atoms with van der Waals surface area (Å²) in [6.07, 6.45) is 1.89. The fourth-order valence-electron chi connectivity index (χ4n) is 4.35. The number of benzene rings is 3. The van der Waals surface area contributed by atoms with E-state index in [1.54, 1.807) is 24.3 Å². The molecule has 0 aliphatic carbocycles. The lowest BCUT2D eigenvalue weighted by Crippen LogP contribution is -2.41. The van der Waals surface area contributed by atoms with Crippen molar-refractivity contribution in [1.82, 2.24) is 4.90 Å². The van der Waals surface area contributed by atoms with Crippen molar-refractivity contribution in [3.63, 3.8) is 0 Å². The molecule has 0 bridgehead atoms. The van der Waals surface area contributed by atoms with Crippen LogP contribution in [-0.4, -0.2) is 29.9 Å². The van der Waals surface area contributed by atoms with Crippen LogP contribution in [0.1, 0.15) is 45.8 Å². The van der Waals surface area contributed by atoms with Crippen molar-refractivity contribution in [2.24, 2.45) is 0 Å². The predicted octanol–water partition coefficient (Wildman–Crippen LogP) is 6.62. The van der Waals surface area contributed by atoms with Crippen molar-refractivity contribution in [2.75, 3.05) is 23.7 Å². The minimum Gasteiger partial charge on any atom is -0.324 e. The van der Waals surface area contributed by atoms with E-state index in [2.05, 4.69) is 16.7 Å². The summed E-state index contributed by atoms with van der Waals surface area (Å²) in [6.45, 7) is 5.35. The standard InChI is InChI=1S/C27H28ClN3O2/c1-18-13-19(2)15-25(14-18)29-26(32)21-6-3-5-20(16-21)22-7-4-12-31(17-22)27(33)30-24-10-8-23(28)9-11-24/h3,5-6,8-11,13-16,22H,4,7,12,17H2,1-2H3,(H,29,32)(H,30,33). The number of nitrogens with one attached hydrogen (secondary N) is 2. The highest BCUT2D eigenvalue weighted by atomic mass is 35.5. The predicted molar refractivity (Wildman–Crippen MR) is 134 cm³/mol. The van der Waals surface area contributed by atoms with Crippen LogP contribution in [0.2, 0.25) is 5.02 Å². The Morgan fingerprint density at radius 3 is 2.36 bits per heavy atom. The molecule has 170 valence electrons. The first-order valence-electron chi connectivity index (χ1n) is 11.2. The van der Waals surface area contributed by atoms with Gasteiger partial charge in [0.1, 0.15) is 0 Å². The fraction of sp³-hybridized carbons (Fsp3) is 0.259. The summed E-state index contributed by atoms with van der Waals surface area (Å²) >= 11 is 5.93. The topological polar surface area (TPSA) is 61.4 Å². The quantitative estimate of drug-likeness (QED) is 0.458. The van der Waals surface area contributed by atoms with Crippen molar-refractivity contribution < 1.29 is 9.59 Å². The number of hydrogen-bond acceptors (Lipinski definition) is 2. The monoisotopic (exact) mass is 461 g/mol. The molecule has 3 amide bonds. The van der Waals surface area contributed by atoms with Gasteiger partial charge in [-0.15, -0.1) is 0 Å². The number of nitrogens with zero attached hydrogens (tertiary/aromatic N) is 1. The van der Waals surface area contributed by atoms with Gasteiger partial charge in [-0.05, 0) is 91.9 Å². The first-order valence-corrected chi connectivity index (χ1v) is 11.6. The van der Waals surface area contributed by atoms with Gasteiger partial charge < -0.3 is 15.5 Å². The van der Waals surface area contributed by atoms with Gasteiger partial charge in [-0.1, -0.05) is 29.8 Å². The van der Waals surface area contributed by atoms with Crippen LogP contribution in [0.3, 0.4) is 0 Å². The lowest BCUT2D eigenvalue weighted by molar-refractivity contribution is 0.102. The summed E-state index contributed by atoms with van der Waals surface area (Å²) in [5.41, 5.74) is 5.43. The molecular weight excluding hydrogens is 434 g/mol. The molecule has 6 heteroatoms. The largest absolute Gasteiger partial charge is 0.324 e. The van der Waals surface area contributed by atoms with Gasteiger partial charge in [-0.2, -0.15) is 0 Å². The van der Waals surface area contributed by atoms with E-state index in [-0.39, 0.29) is 17.9 Å². The number of hydrogen-bond donors (Lipinski definition) is 2. The van der Waals surface area contributed by atoms with Crippen molar-refractivity contribution in [3.05, 3.63) is 94.0 Å². The zero-order valence-electron chi connectivity index (χ0n) is 18.9. The van der Waals surface area contributed by atoms with E-state index >= 15 is 0 Å². The molecule has 0 aromatic heterocycles. The van der Waals surface area contributed by atoms with Crippen LogP contribution >= 0.6 is 11.6 Å². The first kappa shape index (κ1) is 22.9. The average Bonchev–Trinajstić information content (AvgIpc) is 2.80. The SMILES string of the molecule is Cc1cc(C)cc(NC(=O)c2cccc(C3CCCN(C(=O)Nc4ccc(Cl)cc4)C3)c2)c1. The molecule has 1 unspecified atom stereocenters. The van der Waals surface area contributed by atoms with Crippen LogP contribution in [0, 0.1) is 13.8 Å². The molecule has 1 fully saturated rings. The number of rotatable bonds is 4. The molecule has 3 aromatic rings. The Morgan fingerprint density at radius 2 is 1.64 bits per heavy atom. The number of halogens is 1. The smallest absolute Gasteiger partial charge is 0.321 e. The van der Waals surface area contributed by atoms with Gasteiger partial charge >= 0.3 is 6.03 Å². The van der Waals surface area contributed by atoms with Crippen molar-refractivity contribution >= 4 is 34.9 Å². The summed E-state index contributed by atoms with van der Waals surface area (Å²) in [6, 6.07) is 20.7. The maximum absolute atomic E-state index is 12.9. The maximum Gasteiger partial charge on any atom is 0.321 e. The molecule has 0 spiro atoms. The number of carbonyl (C=O) groups is 2. The van der Waals surface area contributed by atoms with E-state index in [0.717, 1.165) is 40.9 Å². The maximum atomic E-state index is 12.9. The molecule has 3 aromatic carbocycles. The molecular formula is C27H28ClN3O2. The van der Waals surface area contributed by atoms with E-state index in [4.69, 9.17) is 11.6 Å². The average molecular weight is 462 g/mol. The summed E-state index contributed by atoms with van der Waals surface area (Å²) in [5, 5.41) is 6.58. The molecule has 0 radical (unpaired) electrons. The molecule has 1 saturated heterocycles. The van der Waals surface area contributed by atoms with Gasteiger partial charge in [0, 0.05) is 41.0 Å². The number of anilines is 2. The highest BCUT2D eigenvalue weighted by Gasteiger charge is 2.25. The molecule has 5 nitrogen and oxygen atoms in total. The van der Waals surface area contributed by atoms with Crippen LogP contribution in [0.15, 0.2) is 66.7 Å². The molecule has 1 atom stereocenters. The highest BCUT2D eigenvalue weighted by molar-refractivity contribution is 6.30. The minimum atomic E-state index is -0.130. The second-order valence-electron chi connectivity index (χ2n) is 8.68. The minimum absolute atomic E-state index is 0.120. The van der Waals surface area contributed by atoms with E-state index < -0.39 is 0 Å². The van der Waals surface area contributed by atoms with Crippen LogP contribution in [-0.2, 0) is 0 Å². The number of piperidine rings is 1. The summed E-state index contributed by atoms with van der Waals surface area (Å²) in [5.74, 6) is 0.0543. The lowest BCUT2D eigenvalue weighted by Gasteiger charge is -2.33. The van der Waals surface area contributed by atoms with Crippen molar-refractivity contribution in [2.45, 2.75) is 32.6 Å². The van der Waals surface area contributed by atoms with E-state index in [1.165, 1.54) is 0 Å². The summed E-state index contributed by atoms with van der Waals surface area (Å²) in [4.78, 5) is 27.5.